The average molecular weight is 295 g/mol. The summed E-state index contributed by atoms with van der Waals surface area (Å²) in [6.45, 7) is 1.89. The van der Waals surface area contributed by atoms with Gasteiger partial charge in [0.15, 0.2) is 0 Å². The van der Waals surface area contributed by atoms with Crippen LogP contribution in [0.15, 0.2) is 34.9 Å². The van der Waals surface area contributed by atoms with E-state index in [1.54, 1.807) is 10.9 Å². The molecule has 2 rings (SSSR count). The topological polar surface area (TPSA) is 55.1 Å². The third kappa shape index (κ3) is 2.39. The minimum Gasteiger partial charge on any atom is -0.478 e. The lowest BCUT2D eigenvalue weighted by atomic mass is 10.2. The second-order valence-corrected chi connectivity index (χ2v) is 4.49. The Morgan fingerprint density at radius 1 is 1.53 bits per heavy atom. The van der Waals surface area contributed by atoms with Crippen molar-refractivity contribution < 1.29 is 9.90 Å². The van der Waals surface area contributed by atoms with Gasteiger partial charge >= 0.3 is 5.97 Å². The molecule has 88 valence electrons. The largest absolute Gasteiger partial charge is 0.478 e. The zero-order valence-electron chi connectivity index (χ0n) is 9.22. The molecule has 4 nitrogen and oxygen atoms in total. The normalized spacial score (nSPS) is 10.5. The molecule has 0 unspecified atom stereocenters. The van der Waals surface area contributed by atoms with E-state index in [0.717, 1.165) is 10.2 Å². The van der Waals surface area contributed by atoms with Crippen molar-refractivity contribution in [2.45, 2.75) is 13.3 Å². The summed E-state index contributed by atoms with van der Waals surface area (Å²) in [7, 11) is 0. The number of hydrogen-bond donors (Lipinski definition) is 1. The summed E-state index contributed by atoms with van der Waals surface area (Å²) in [5.41, 5.74) is 1.69. The molecule has 1 aromatic heterocycles. The highest BCUT2D eigenvalue weighted by molar-refractivity contribution is 9.10. The third-order valence-electron chi connectivity index (χ3n) is 2.43. The van der Waals surface area contributed by atoms with Crippen LogP contribution in [-0.4, -0.2) is 20.9 Å². The molecule has 1 aromatic carbocycles. The number of carboxylic acids is 1. The fourth-order valence-corrected chi connectivity index (χ4v) is 1.99. The standard InChI is InChI=1S/C12H11BrN2O2/c1-2-11-10(12(16)17)7-15(14-11)9-5-3-4-8(13)6-9/h3-7H,2H2,1H3,(H,16,17). The van der Waals surface area contributed by atoms with Gasteiger partial charge in [0.1, 0.15) is 5.56 Å². The molecule has 0 aliphatic rings. The molecule has 0 spiro atoms. The van der Waals surface area contributed by atoms with Crippen molar-refractivity contribution in [2.75, 3.05) is 0 Å². The second kappa shape index (κ2) is 4.71. The van der Waals surface area contributed by atoms with Crippen LogP contribution in [0.5, 0.6) is 0 Å². The molecule has 5 heteroatoms. The van der Waals surface area contributed by atoms with Crippen molar-refractivity contribution in [3.8, 4) is 5.69 Å². The number of carbonyl (C=O) groups is 1. The van der Waals surface area contributed by atoms with Crippen LogP contribution in [0.25, 0.3) is 5.69 Å². The lowest BCUT2D eigenvalue weighted by molar-refractivity contribution is 0.0696. The highest BCUT2D eigenvalue weighted by Gasteiger charge is 2.14. The lowest BCUT2D eigenvalue weighted by Crippen LogP contribution is -1.98. The van der Waals surface area contributed by atoms with Crippen molar-refractivity contribution in [3.05, 3.63) is 46.2 Å². The van der Waals surface area contributed by atoms with E-state index < -0.39 is 5.97 Å². The van der Waals surface area contributed by atoms with Crippen LogP contribution >= 0.6 is 15.9 Å². The summed E-state index contributed by atoms with van der Waals surface area (Å²) >= 11 is 3.37. The van der Waals surface area contributed by atoms with Gasteiger partial charge < -0.3 is 5.11 Å². The molecule has 0 radical (unpaired) electrons. The average Bonchev–Trinajstić information content (AvgIpc) is 2.73. The monoisotopic (exact) mass is 294 g/mol. The van der Waals surface area contributed by atoms with E-state index in [0.29, 0.717) is 12.1 Å². The van der Waals surface area contributed by atoms with Gasteiger partial charge in [-0.05, 0) is 24.6 Å². The highest BCUT2D eigenvalue weighted by atomic mass is 79.9. The number of aryl methyl sites for hydroxylation is 1. The van der Waals surface area contributed by atoms with E-state index in [-0.39, 0.29) is 5.56 Å². The maximum absolute atomic E-state index is 11.0. The van der Waals surface area contributed by atoms with Crippen LogP contribution in [0.1, 0.15) is 23.0 Å². The first-order valence-electron chi connectivity index (χ1n) is 5.19. The number of carboxylic acid groups (broad SMARTS) is 1. The summed E-state index contributed by atoms with van der Waals surface area (Å²) in [5, 5.41) is 13.3. The van der Waals surface area contributed by atoms with Crippen molar-refractivity contribution in [1.29, 1.82) is 0 Å². The zero-order valence-corrected chi connectivity index (χ0v) is 10.8. The van der Waals surface area contributed by atoms with Gasteiger partial charge in [0.05, 0.1) is 11.4 Å². The summed E-state index contributed by atoms with van der Waals surface area (Å²) in [6.07, 6.45) is 2.14. The summed E-state index contributed by atoms with van der Waals surface area (Å²) < 4.78 is 2.52. The summed E-state index contributed by atoms with van der Waals surface area (Å²) in [5.74, 6) is -0.942. The molecule has 0 bridgehead atoms. The van der Waals surface area contributed by atoms with E-state index in [4.69, 9.17) is 5.11 Å². The van der Waals surface area contributed by atoms with E-state index >= 15 is 0 Å². The van der Waals surface area contributed by atoms with Crippen LogP contribution in [0.4, 0.5) is 0 Å². The fraction of sp³-hybridized carbons (Fsp3) is 0.167. The molecular weight excluding hydrogens is 284 g/mol. The fourth-order valence-electron chi connectivity index (χ4n) is 1.60. The van der Waals surface area contributed by atoms with E-state index in [2.05, 4.69) is 21.0 Å². The molecule has 0 saturated heterocycles. The quantitative estimate of drug-likeness (QED) is 0.947. The summed E-state index contributed by atoms with van der Waals surface area (Å²) in [6, 6.07) is 7.56. The van der Waals surface area contributed by atoms with Crippen LogP contribution < -0.4 is 0 Å². The van der Waals surface area contributed by atoms with Gasteiger partial charge in [0.2, 0.25) is 0 Å². The smallest absolute Gasteiger partial charge is 0.339 e. The van der Waals surface area contributed by atoms with Gasteiger partial charge in [0.25, 0.3) is 0 Å². The molecule has 0 atom stereocenters. The predicted octanol–water partition coefficient (Wildman–Crippen LogP) is 2.90. The Labute approximate surface area is 107 Å². The molecule has 1 heterocycles. The Balaban J connectivity index is 2.50. The maximum Gasteiger partial charge on any atom is 0.339 e. The lowest BCUT2D eigenvalue weighted by Gasteiger charge is -2.00. The number of benzene rings is 1. The first-order chi connectivity index (χ1) is 8.11. The number of halogens is 1. The number of aromatic carboxylic acids is 1. The number of aromatic nitrogens is 2. The Morgan fingerprint density at radius 2 is 2.29 bits per heavy atom. The van der Waals surface area contributed by atoms with Gasteiger partial charge in [-0.25, -0.2) is 9.48 Å². The van der Waals surface area contributed by atoms with E-state index in [9.17, 15) is 4.79 Å². The molecule has 17 heavy (non-hydrogen) atoms. The first kappa shape index (κ1) is 11.9. The molecule has 2 aromatic rings. The second-order valence-electron chi connectivity index (χ2n) is 3.57. The molecule has 0 aliphatic heterocycles. The van der Waals surface area contributed by atoms with Crippen molar-refractivity contribution >= 4 is 21.9 Å². The molecule has 1 N–H and O–H groups in total. The Hall–Kier alpha value is -1.62. The number of nitrogens with zero attached hydrogens (tertiary/aromatic N) is 2. The first-order valence-corrected chi connectivity index (χ1v) is 5.99. The van der Waals surface area contributed by atoms with Crippen molar-refractivity contribution in [1.82, 2.24) is 9.78 Å². The van der Waals surface area contributed by atoms with Crippen LogP contribution in [0.3, 0.4) is 0 Å². The number of rotatable bonds is 3. The van der Waals surface area contributed by atoms with Gasteiger partial charge in [-0.15, -0.1) is 0 Å². The molecular formula is C12H11BrN2O2. The van der Waals surface area contributed by atoms with Crippen molar-refractivity contribution in [3.63, 3.8) is 0 Å². The minimum absolute atomic E-state index is 0.257. The molecule has 0 amide bonds. The predicted molar refractivity (Wildman–Crippen MR) is 67.6 cm³/mol. The van der Waals surface area contributed by atoms with Gasteiger partial charge in [0, 0.05) is 10.7 Å². The zero-order chi connectivity index (χ0) is 12.4. The third-order valence-corrected chi connectivity index (χ3v) is 2.92. The van der Waals surface area contributed by atoms with E-state index in [1.165, 1.54) is 0 Å². The number of hydrogen-bond acceptors (Lipinski definition) is 2. The van der Waals surface area contributed by atoms with Gasteiger partial charge in [-0.3, -0.25) is 0 Å². The van der Waals surface area contributed by atoms with Gasteiger partial charge in [-0.1, -0.05) is 28.9 Å². The Bertz CT molecular complexity index is 563. The Kier molecular flexibility index (Phi) is 3.28. The maximum atomic E-state index is 11.0. The molecule has 0 aliphatic carbocycles. The molecule has 0 fully saturated rings. The molecule has 0 saturated carbocycles. The van der Waals surface area contributed by atoms with Crippen molar-refractivity contribution in [2.24, 2.45) is 0 Å². The Morgan fingerprint density at radius 3 is 2.82 bits per heavy atom. The summed E-state index contributed by atoms with van der Waals surface area (Å²) in [4.78, 5) is 11.0. The van der Waals surface area contributed by atoms with E-state index in [1.807, 2.05) is 31.2 Å². The minimum atomic E-state index is -0.942. The SMILES string of the molecule is CCc1nn(-c2cccc(Br)c2)cc1C(=O)O. The van der Waals surface area contributed by atoms with Crippen LogP contribution in [-0.2, 0) is 6.42 Å². The van der Waals surface area contributed by atoms with Gasteiger partial charge in [-0.2, -0.15) is 5.10 Å². The van der Waals surface area contributed by atoms with Crippen LogP contribution in [0, 0.1) is 0 Å². The highest BCUT2D eigenvalue weighted by Crippen LogP contribution is 2.17. The van der Waals surface area contributed by atoms with Crippen LogP contribution in [0.2, 0.25) is 0 Å².